The van der Waals surface area contributed by atoms with Crippen LogP contribution in [0.5, 0.6) is 5.75 Å². The smallest absolute Gasteiger partial charge is 0.303 e. The van der Waals surface area contributed by atoms with E-state index in [1.807, 2.05) is 31.2 Å². The second-order valence-corrected chi connectivity index (χ2v) is 4.06. The average Bonchev–Trinajstić information content (AvgIpc) is 2.35. The van der Waals surface area contributed by atoms with Crippen molar-refractivity contribution < 1.29 is 14.6 Å². The maximum absolute atomic E-state index is 10.3. The maximum Gasteiger partial charge on any atom is 0.303 e. The predicted octanol–water partition coefficient (Wildman–Crippen LogP) is 3.14. The zero-order valence-corrected chi connectivity index (χ0v) is 10.8. The first-order valence-electron chi connectivity index (χ1n) is 6.41. The van der Waals surface area contributed by atoms with Crippen LogP contribution in [0.25, 0.3) is 0 Å². The number of rotatable bonds is 9. The van der Waals surface area contributed by atoms with Gasteiger partial charge in [-0.2, -0.15) is 0 Å². The Morgan fingerprint density at radius 1 is 1.28 bits per heavy atom. The summed E-state index contributed by atoms with van der Waals surface area (Å²) in [5.41, 5.74) is 0.998. The van der Waals surface area contributed by atoms with E-state index in [9.17, 15) is 4.79 Å². The SMILES string of the molecule is CCOc1ccccc1NCCCCCC(=O)O. The number of aliphatic carboxylic acids is 1. The minimum absolute atomic E-state index is 0.259. The highest BCUT2D eigenvalue weighted by Crippen LogP contribution is 2.23. The summed E-state index contributed by atoms with van der Waals surface area (Å²) in [5.74, 6) is 0.148. The molecule has 0 saturated carbocycles. The number of para-hydroxylation sites is 2. The van der Waals surface area contributed by atoms with E-state index < -0.39 is 5.97 Å². The summed E-state index contributed by atoms with van der Waals surface area (Å²) in [5, 5.41) is 11.8. The van der Waals surface area contributed by atoms with E-state index >= 15 is 0 Å². The molecule has 0 aliphatic heterocycles. The summed E-state index contributed by atoms with van der Waals surface area (Å²) in [6, 6.07) is 7.84. The molecule has 0 heterocycles. The monoisotopic (exact) mass is 251 g/mol. The van der Waals surface area contributed by atoms with Gasteiger partial charge in [-0.3, -0.25) is 4.79 Å². The van der Waals surface area contributed by atoms with Crippen molar-refractivity contribution in [2.24, 2.45) is 0 Å². The number of nitrogens with one attached hydrogen (secondary N) is 1. The van der Waals surface area contributed by atoms with Crippen LogP contribution in [0.3, 0.4) is 0 Å². The van der Waals surface area contributed by atoms with E-state index in [1.165, 1.54) is 0 Å². The van der Waals surface area contributed by atoms with E-state index in [4.69, 9.17) is 9.84 Å². The fraction of sp³-hybridized carbons (Fsp3) is 0.500. The second-order valence-electron chi connectivity index (χ2n) is 4.06. The van der Waals surface area contributed by atoms with E-state index in [-0.39, 0.29) is 6.42 Å². The third kappa shape index (κ3) is 5.57. The van der Waals surface area contributed by atoms with Gasteiger partial charge in [0.1, 0.15) is 5.75 Å². The molecule has 0 radical (unpaired) electrons. The molecule has 100 valence electrons. The Labute approximate surface area is 108 Å². The van der Waals surface area contributed by atoms with Gasteiger partial charge in [0, 0.05) is 13.0 Å². The number of benzene rings is 1. The fourth-order valence-electron chi connectivity index (χ4n) is 1.70. The Balaban J connectivity index is 2.24. The highest BCUT2D eigenvalue weighted by Gasteiger charge is 2.01. The van der Waals surface area contributed by atoms with Crippen LogP contribution in [0.2, 0.25) is 0 Å². The summed E-state index contributed by atoms with van der Waals surface area (Å²) in [6.07, 6.45) is 2.89. The van der Waals surface area contributed by atoms with Crippen LogP contribution in [-0.4, -0.2) is 24.2 Å². The van der Waals surface area contributed by atoms with Gasteiger partial charge in [0.05, 0.1) is 12.3 Å². The van der Waals surface area contributed by atoms with Crippen molar-refractivity contribution in [1.29, 1.82) is 0 Å². The first-order chi connectivity index (χ1) is 8.74. The van der Waals surface area contributed by atoms with Gasteiger partial charge in [-0.25, -0.2) is 0 Å². The molecule has 0 saturated heterocycles. The van der Waals surface area contributed by atoms with Gasteiger partial charge >= 0.3 is 5.97 Å². The number of hydrogen-bond donors (Lipinski definition) is 2. The van der Waals surface area contributed by atoms with Crippen molar-refractivity contribution in [2.75, 3.05) is 18.5 Å². The van der Waals surface area contributed by atoms with Crippen LogP contribution in [0.15, 0.2) is 24.3 Å². The van der Waals surface area contributed by atoms with Crippen LogP contribution >= 0.6 is 0 Å². The van der Waals surface area contributed by atoms with Gasteiger partial charge in [0.2, 0.25) is 0 Å². The second kappa shape index (κ2) is 8.39. The van der Waals surface area contributed by atoms with Crippen molar-refractivity contribution in [2.45, 2.75) is 32.6 Å². The van der Waals surface area contributed by atoms with Crippen molar-refractivity contribution in [3.63, 3.8) is 0 Å². The van der Waals surface area contributed by atoms with Crippen LogP contribution in [0.1, 0.15) is 32.6 Å². The number of hydrogen-bond acceptors (Lipinski definition) is 3. The molecule has 18 heavy (non-hydrogen) atoms. The van der Waals surface area contributed by atoms with Gasteiger partial charge in [0.15, 0.2) is 0 Å². The third-order valence-electron chi connectivity index (χ3n) is 2.57. The number of carboxylic acids is 1. The summed E-state index contributed by atoms with van der Waals surface area (Å²) >= 11 is 0. The molecule has 1 aromatic carbocycles. The average molecular weight is 251 g/mol. The first kappa shape index (κ1) is 14.4. The molecule has 2 N–H and O–H groups in total. The molecule has 4 heteroatoms. The lowest BCUT2D eigenvalue weighted by molar-refractivity contribution is -0.137. The highest BCUT2D eigenvalue weighted by atomic mass is 16.5. The standard InChI is InChI=1S/C14H21NO3/c1-2-18-13-9-6-5-8-12(13)15-11-7-3-4-10-14(16)17/h5-6,8-9,15H,2-4,7,10-11H2,1H3,(H,16,17). The Bertz CT molecular complexity index is 366. The van der Waals surface area contributed by atoms with Gasteiger partial charge in [-0.15, -0.1) is 0 Å². The molecule has 0 spiro atoms. The Morgan fingerprint density at radius 2 is 2.06 bits per heavy atom. The lowest BCUT2D eigenvalue weighted by Gasteiger charge is -2.11. The quantitative estimate of drug-likeness (QED) is 0.662. The molecule has 1 aromatic rings. The minimum atomic E-state index is -0.718. The Kier molecular flexibility index (Phi) is 6.69. The molecule has 0 bridgehead atoms. The van der Waals surface area contributed by atoms with Crippen LogP contribution in [-0.2, 0) is 4.79 Å². The van der Waals surface area contributed by atoms with E-state index in [0.29, 0.717) is 6.61 Å². The van der Waals surface area contributed by atoms with Gasteiger partial charge in [0.25, 0.3) is 0 Å². The van der Waals surface area contributed by atoms with Crippen LogP contribution in [0.4, 0.5) is 5.69 Å². The van der Waals surface area contributed by atoms with Gasteiger partial charge in [-0.05, 0) is 31.9 Å². The molecular weight excluding hydrogens is 230 g/mol. The van der Waals surface area contributed by atoms with Crippen molar-refractivity contribution in [3.05, 3.63) is 24.3 Å². The summed E-state index contributed by atoms with van der Waals surface area (Å²) in [4.78, 5) is 10.3. The number of carbonyl (C=O) groups is 1. The lowest BCUT2D eigenvalue weighted by Crippen LogP contribution is -2.04. The minimum Gasteiger partial charge on any atom is -0.492 e. The Morgan fingerprint density at radius 3 is 2.78 bits per heavy atom. The lowest BCUT2D eigenvalue weighted by atomic mass is 10.2. The molecule has 0 fully saturated rings. The van der Waals surface area contributed by atoms with Gasteiger partial charge < -0.3 is 15.2 Å². The summed E-state index contributed by atoms with van der Waals surface area (Å²) in [7, 11) is 0. The number of unbranched alkanes of at least 4 members (excludes halogenated alkanes) is 2. The molecule has 1 rings (SSSR count). The largest absolute Gasteiger partial charge is 0.492 e. The summed E-state index contributed by atoms with van der Waals surface area (Å²) < 4.78 is 5.51. The highest BCUT2D eigenvalue weighted by molar-refractivity contribution is 5.66. The number of carboxylic acid groups (broad SMARTS) is 1. The van der Waals surface area contributed by atoms with Crippen molar-refractivity contribution >= 4 is 11.7 Å². The van der Waals surface area contributed by atoms with E-state index in [0.717, 1.165) is 37.2 Å². The van der Waals surface area contributed by atoms with Gasteiger partial charge in [-0.1, -0.05) is 18.6 Å². The Hall–Kier alpha value is -1.71. The molecule has 4 nitrogen and oxygen atoms in total. The number of ether oxygens (including phenoxy) is 1. The third-order valence-corrected chi connectivity index (χ3v) is 2.57. The first-order valence-corrected chi connectivity index (χ1v) is 6.41. The maximum atomic E-state index is 10.3. The molecule has 0 aromatic heterocycles. The molecule has 0 atom stereocenters. The fourth-order valence-corrected chi connectivity index (χ4v) is 1.70. The molecule has 0 aliphatic rings. The summed E-state index contributed by atoms with van der Waals surface area (Å²) in [6.45, 7) is 3.45. The van der Waals surface area contributed by atoms with Crippen LogP contribution < -0.4 is 10.1 Å². The molecular formula is C14H21NO3. The molecule has 0 aliphatic carbocycles. The van der Waals surface area contributed by atoms with Crippen LogP contribution in [0, 0.1) is 0 Å². The van der Waals surface area contributed by atoms with E-state index in [2.05, 4.69) is 5.32 Å². The molecule has 0 amide bonds. The zero-order chi connectivity index (χ0) is 13.2. The van der Waals surface area contributed by atoms with Crippen molar-refractivity contribution in [3.8, 4) is 5.75 Å². The van der Waals surface area contributed by atoms with Crippen molar-refractivity contribution in [1.82, 2.24) is 0 Å². The van der Waals surface area contributed by atoms with E-state index in [1.54, 1.807) is 0 Å². The topological polar surface area (TPSA) is 58.6 Å². The predicted molar refractivity (Wildman–Crippen MR) is 72.2 cm³/mol. The zero-order valence-electron chi connectivity index (χ0n) is 10.8. The molecule has 0 unspecified atom stereocenters. The normalized spacial score (nSPS) is 10.1. The number of anilines is 1.